The van der Waals surface area contributed by atoms with Crippen LogP contribution < -0.4 is 5.32 Å². The van der Waals surface area contributed by atoms with Gasteiger partial charge in [0.2, 0.25) is 5.91 Å². The van der Waals surface area contributed by atoms with E-state index in [1.165, 1.54) is 16.7 Å². The SMILES string of the molecule is O=C(CCN1C(=O)/C(=C\c2cccc(Cl)c2)SC1=S)NCCCn1ccnc1. The Labute approximate surface area is 177 Å². The van der Waals surface area contributed by atoms with Crippen molar-refractivity contribution in [3.8, 4) is 0 Å². The van der Waals surface area contributed by atoms with Gasteiger partial charge in [0.15, 0.2) is 0 Å². The Morgan fingerprint density at radius 2 is 2.21 bits per heavy atom. The van der Waals surface area contributed by atoms with E-state index in [1.54, 1.807) is 30.7 Å². The number of carbonyl (C=O) groups excluding carboxylic acids is 2. The second-order valence-corrected chi connectivity index (χ2v) is 8.25. The molecule has 6 nitrogen and oxygen atoms in total. The van der Waals surface area contributed by atoms with E-state index in [2.05, 4.69) is 10.3 Å². The molecule has 0 aliphatic carbocycles. The van der Waals surface area contributed by atoms with E-state index in [0.29, 0.717) is 20.8 Å². The van der Waals surface area contributed by atoms with E-state index >= 15 is 0 Å². The number of nitrogens with one attached hydrogen (secondary N) is 1. The number of hydrogen-bond donors (Lipinski definition) is 1. The average Bonchev–Trinajstić information content (AvgIpc) is 3.26. The summed E-state index contributed by atoms with van der Waals surface area (Å²) < 4.78 is 2.42. The highest BCUT2D eigenvalue weighted by atomic mass is 35.5. The Morgan fingerprint density at radius 3 is 2.96 bits per heavy atom. The van der Waals surface area contributed by atoms with Crippen molar-refractivity contribution >= 4 is 57.8 Å². The second-order valence-electron chi connectivity index (χ2n) is 6.14. The number of benzene rings is 1. The third-order valence-electron chi connectivity index (χ3n) is 4.06. The summed E-state index contributed by atoms with van der Waals surface area (Å²) in [6, 6.07) is 7.26. The van der Waals surface area contributed by atoms with Crippen LogP contribution in [0.2, 0.25) is 5.02 Å². The molecular weight excluding hydrogens is 416 g/mol. The van der Waals surface area contributed by atoms with Crippen LogP contribution in [-0.2, 0) is 16.1 Å². The van der Waals surface area contributed by atoms with E-state index in [4.69, 9.17) is 23.8 Å². The average molecular weight is 435 g/mol. The summed E-state index contributed by atoms with van der Waals surface area (Å²) in [6.07, 6.45) is 8.14. The topological polar surface area (TPSA) is 67.2 Å². The van der Waals surface area contributed by atoms with Crippen molar-refractivity contribution in [2.75, 3.05) is 13.1 Å². The van der Waals surface area contributed by atoms with Crippen LogP contribution >= 0.6 is 35.6 Å². The minimum Gasteiger partial charge on any atom is -0.356 e. The number of carbonyl (C=O) groups is 2. The van der Waals surface area contributed by atoms with Crippen LogP contribution in [0.25, 0.3) is 6.08 Å². The van der Waals surface area contributed by atoms with Crippen LogP contribution in [0.4, 0.5) is 0 Å². The summed E-state index contributed by atoms with van der Waals surface area (Å²) >= 11 is 12.5. The molecule has 1 fully saturated rings. The Bertz CT molecular complexity index is 899. The number of amides is 2. The Morgan fingerprint density at radius 1 is 1.36 bits per heavy atom. The molecule has 2 aromatic rings. The van der Waals surface area contributed by atoms with E-state index in [-0.39, 0.29) is 24.8 Å². The Balaban J connectivity index is 1.45. The van der Waals surface area contributed by atoms with Crippen LogP contribution in [0.3, 0.4) is 0 Å². The van der Waals surface area contributed by atoms with E-state index in [0.717, 1.165) is 18.5 Å². The maximum Gasteiger partial charge on any atom is 0.266 e. The molecule has 1 aromatic heterocycles. The van der Waals surface area contributed by atoms with Gasteiger partial charge in [0.25, 0.3) is 5.91 Å². The quantitative estimate of drug-likeness (QED) is 0.392. The highest BCUT2D eigenvalue weighted by Crippen LogP contribution is 2.32. The predicted molar refractivity (Wildman–Crippen MR) is 116 cm³/mol. The smallest absolute Gasteiger partial charge is 0.266 e. The molecule has 0 unspecified atom stereocenters. The molecule has 1 aliphatic heterocycles. The first-order valence-electron chi connectivity index (χ1n) is 8.76. The Kier molecular flexibility index (Phi) is 7.24. The molecule has 0 bridgehead atoms. The highest BCUT2D eigenvalue weighted by Gasteiger charge is 2.32. The van der Waals surface area contributed by atoms with Gasteiger partial charge >= 0.3 is 0 Å². The minimum absolute atomic E-state index is 0.0986. The van der Waals surface area contributed by atoms with Gasteiger partial charge in [0, 0.05) is 43.5 Å². The zero-order chi connectivity index (χ0) is 19.9. The summed E-state index contributed by atoms with van der Waals surface area (Å²) in [5.41, 5.74) is 0.837. The van der Waals surface area contributed by atoms with Crippen molar-refractivity contribution in [1.82, 2.24) is 19.8 Å². The molecule has 2 amide bonds. The third-order valence-corrected chi connectivity index (χ3v) is 5.67. The molecule has 1 saturated heterocycles. The fourth-order valence-corrected chi connectivity index (χ4v) is 4.16. The van der Waals surface area contributed by atoms with Crippen molar-refractivity contribution in [1.29, 1.82) is 0 Å². The number of rotatable bonds is 8. The van der Waals surface area contributed by atoms with Crippen LogP contribution in [0, 0.1) is 0 Å². The first-order valence-corrected chi connectivity index (χ1v) is 10.4. The molecule has 0 radical (unpaired) electrons. The summed E-state index contributed by atoms with van der Waals surface area (Å²) in [6.45, 7) is 1.64. The van der Waals surface area contributed by atoms with Gasteiger partial charge in [-0.05, 0) is 30.2 Å². The number of aryl methyl sites for hydroxylation is 1. The number of thioether (sulfide) groups is 1. The molecule has 0 saturated carbocycles. The van der Waals surface area contributed by atoms with E-state index < -0.39 is 0 Å². The summed E-state index contributed by atoms with van der Waals surface area (Å²) in [4.78, 5) is 30.6. The van der Waals surface area contributed by atoms with Gasteiger partial charge in [-0.3, -0.25) is 14.5 Å². The number of thiocarbonyl (C=S) groups is 1. The monoisotopic (exact) mass is 434 g/mol. The van der Waals surface area contributed by atoms with Gasteiger partial charge in [-0.25, -0.2) is 4.98 Å². The van der Waals surface area contributed by atoms with Crippen molar-refractivity contribution in [3.63, 3.8) is 0 Å². The first-order chi connectivity index (χ1) is 13.5. The van der Waals surface area contributed by atoms with Crippen LogP contribution in [-0.4, -0.2) is 43.7 Å². The Hall–Kier alpha value is -2.16. The molecule has 146 valence electrons. The van der Waals surface area contributed by atoms with Gasteiger partial charge in [-0.15, -0.1) is 0 Å². The van der Waals surface area contributed by atoms with Gasteiger partial charge in [-0.1, -0.05) is 47.7 Å². The molecular formula is C19H19ClN4O2S2. The lowest BCUT2D eigenvalue weighted by molar-refractivity contribution is -0.123. The molecule has 0 atom stereocenters. The van der Waals surface area contributed by atoms with E-state index in [1.807, 2.05) is 22.9 Å². The van der Waals surface area contributed by atoms with Gasteiger partial charge in [0.1, 0.15) is 4.32 Å². The fourth-order valence-electron chi connectivity index (χ4n) is 2.65. The lowest BCUT2D eigenvalue weighted by Gasteiger charge is -2.14. The molecule has 3 rings (SSSR count). The van der Waals surface area contributed by atoms with Crippen LogP contribution in [0.1, 0.15) is 18.4 Å². The molecule has 1 N–H and O–H groups in total. The number of hydrogen-bond acceptors (Lipinski definition) is 5. The normalized spacial score (nSPS) is 15.5. The summed E-state index contributed by atoms with van der Waals surface area (Å²) in [5, 5.41) is 3.47. The van der Waals surface area contributed by atoms with Gasteiger partial charge < -0.3 is 9.88 Å². The van der Waals surface area contributed by atoms with Crippen molar-refractivity contribution in [2.45, 2.75) is 19.4 Å². The third kappa shape index (κ3) is 5.67. The van der Waals surface area contributed by atoms with Crippen LogP contribution in [0.5, 0.6) is 0 Å². The maximum absolute atomic E-state index is 12.6. The number of imidazole rings is 1. The number of halogens is 1. The van der Waals surface area contributed by atoms with Gasteiger partial charge in [-0.2, -0.15) is 0 Å². The number of nitrogens with zero attached hydrogens (tertiary/aromatic N) is 3. The largest absolute Gasteiger partial charge is 0.356 e. The summed E-state index contributed by atoms with van der Waals surface area (Å²) in [5.74, 6) is -0.276. The second kappa shape index (κ2) is 9.86. The fraction of sp³-hybridized carbons (Fsp3) is 0.263. The minimum atomic E-state index is -0.178. The number of aromatic nitrogens is 2. The molecule has 28 heavy (non-hydrogen) atoms. The van der Waals surface area contributed by atoms with Gasteiger partial charge in [0.05, 0.1) is 11.2 Å². The molecule has 9 heteroatoms. The highest BCUT2D eigenvalue weighted by molar-refractivity contribution is 8.26. The lowest BCUT2D eigenvalue weighted by Crippen LogP contribution is -2.34. The lowest BCUT2D eigenvalue weighted by atomic mass is 10.2. The molecule has 1 aliphatic rings. The van der Waals surface area contributed by atoms with Crippen molar-refractivity contribution in [3.05, 3.63) is 58.5 Å². The molecule has 0 spiro atoms. The van der Waals surface area contributed by atoms with E-state index in [9.17, 15) is 9.59 Å². The first kappa shape index (κ1) is 20.6. The zero-order valence-corrected chi connectivity index (χ0v) is 17.4. The zero-order valence-electron chi connectivity index (χ0n) is 15.0. The van der Waals surface area contributed by atoms with Crippen molar-refractivity contribution < 1.29 is 9.59 Å². The van der Waals surface area contributed by atoms with Crippen LogP contribution in [0.15, 0.2) is 47.9 Å². The molecule has 2 heterocycles. The molecule has 1 aromatic carbocycles. The maximum atomic E-state index is 12.6. The standard InChI is InChI=1S/C19H19ClN4O2S2/c20-15-4-1-3-14(11-15)12-16-18(26)24(19(27)28-16)9-5-17(25)22-6-2-8-23-10-7-21-13-23/h1,3-4,7,10-13H,2,5-6,8-9H2,(H,22,25)/b16-12+. The predicted octanol–water partition coefficient (Wildman–Crippen LogP) is 3.33. The summed E-state index contributed by atoms with van der Waals surface area (Å²) in [7, 11) is 0. The van der Waals surface area contributed by atoms with Crippen molar-refractivity contribution in [2.24, 2.45) is 0 Å².